The minimum atomic E-state index is -4.87. The third-order valence-electron chi connectivity index (χ3n) is 5.07. The van der Waals surface area contributed by atoms with Crippen LogP contribution in [0.2, 0.25) is 0 Å². The Bertz CT molecular complexity index is 1330. The van der Waals surface area contributed by atoms with Crippen LogP contribution in [0.25, 0.3) is 5.82 Å². The summed E-state index contributed by atoms with van der Waals surface area (Å²) in [6, 6.07) is 0.548. The molecular weight excluding hydrogens is 508 g/mol. The largest absolute Gasteiger partial charge is 0.493 e. The van der Waals surface area contributed by atoms with Gasteiger partial charge >= 0.3 is 11.9 Å². The molecule has 1 amide bonds. The number of methoxy groups -OCH3 is 2. The topological polar surface area (TPSA) is 143 Å². The molecule has 1 atom stereocenters. The van der Waals surface area contributed by atoms with Gasteiger partial charge in [-0.05, 0) is 19.9 Å². The summed E-state index contributed by atoms with van der Waals surface area (Å²) in [6.45, 7) is 1.59. The normalized spacial score (nSPS) is 12.2. The van der Waals surface area contributed by atoms with E-state index in [4.69, 9.17) is 14.2 Å². The summed E-state index contributed by atoms with van der Waals surface area (Å²) in [7, 11) is 2.55. The van der Waals surface area contributed by atoms with Gasteiger partial charge in [-0.3, -0.25) is 14.3 Å². The van der Waals surface area contributed by atoms with E-state index in [9.17, 15) is 27.9 Å². The van der Waals surface area contributed by atoms with Crippen molar-refractivity contribution in [3.05, 3.63) is 46.1 Å². The molecule has 0 spiro atoms. The third kappa shape index (κ3) is 5.47. The van der Waals surface area contributed by atoms with Crippen LogP contribution >= 0.6 is 0 Å². The van der Waals surface area contributed by atoms with E-state index in [0.29, 0.717) is 17.7 Å². The van der Waals surface area contributed by atoms with Gasteiger partial charge in [-0.2, -0.15) is 22.8 Å². The Kier molecular flexibility index (Phi) is 8.00. The zero-order valence-electron chi connectivity index (χ0n) is 20.0. The molecule has 0 unspecified atom stereocenters. The van der Waals surface area contributed by atoms with Crippen molar-refractivity contribution in [1.82, 2.24) is 24.3 Å². The van der Waals surface area contributed by atoms with E-state index in [2.05, 4.69) is 20.4 Å². The standard InChI is InChI=1S/C21H22F4N6O6/c1-5-30-15(9-32)29-31(20(30)34)17-12(22)6-11(19(28-17)37-10(2)21(23,24)25)18(33)27-16-13(35-3)7-26-8-14(16)36-4/h6-8,10,32H,5,9H2,1-4H3,(H,26,27,33)/t10-/m0/s1. The lowest BCUT2D eigenvalue weighted by atomic mass is 10.2. The number of pyridine rings is 2. The van der Waals surface area contributed by atoms with Crippen LogP contribution in [0.4, 0.5) is 23.2 Å². The molecule has 0 aliphatic carbocycles. The number of aliphatic hydroxyl groups is 1. The fourth-order valence-electron chi connectivity index (χ4n) is 3.14. The van der Waals surface area contributed by atoms with E-state index < -0.39 is 53.6 Å². The molecule has 0 aromatic carbocycles. The van der Waals surface area contributed by atoms with Gasteiger partial charge in [0.05, 0.1) is 26.6 Å². The summed E-state index contributed by atoms with van der Waals surface area (Å²) in [5.74, 6) is -4.25. The average Bonchev–Trinajstić information content (AvgIpc) is 3.19. The molecule has 3 aromatic heterocycles. The predicted octanol–water partition coefficient (Wildman–Crippen LogP) is 2.07. The van der Waals surface area contributed by atoms with Crippen LogP contribution in [-0.4, -0.2) is 61.8 Å². The van der Waals surface area contributed by atoms with Crippen LogP contribution in [0, 0.1) is 5.82 Å². The molecule has 12 nitrogen and oxygen atoms in total. The number of hydrogen-bond donors (Lipinski definition) is 2. The zero-order valence-corrected chi connectivity index (χ0v) is 20.0. The monoisotopic (exact) mass is 530 g/mol. The molecule has 16 heteroatoms. The number of alkyl halides is 3. The van der Waals surface area contributed by atoms with E-state index >= 15 is 4.39 Å². The minimum absolute atomic E-state index is 0.0390. The molecule has 0 fully saturated rings. The SMILES string of the molecule is CCn1c(CO)nn(-c2nc(O[C@@H](C)C(F)(F)F)c(C(=O)Nc3c(OC)cncc3OC)cc2F)c1=O. The summed E-state index contributed by atoms with van der Waals surface area (Å²) in [6.07, 6.45) is -4.86. The van der Waals surface area contributed by atoms with Crippen LogP contribution < -0.4 is 25.2 Å². The molecular formula is C21H22F4N6O6. The smallest absolute Gasteiger partial charge is 0.425 e. The van der Waals surface area contributed by atoms with Crippen LogP contribution in [0.1, 0.15) is 30.0 Å². The van der Waals surface area contributed by atoms with Crippen molar-refractivity contribution in [3.8, 4) is 23.2 Å². The van der Waals surface area contributed by atoms with Crippen LogP contribution in [0.3, 0.4) is 0 Å². The maximum atomic E-state index is 15.2. The lowest BCUT2D eigenvalue weighted by molar-refractivity contribution is -0.190. The number of aliphatic hydroxyl groups excluding tert-OH is 1. The molecule has 3 heterocycles. The molecule has 37 heavy (non-hydrogen) atoms. The quantitative estimate of drug-likeness (QED) is 0.398. The van der Waals surface area contributed by atoms with E-state index in [0.717, 1.165) is 4.57 Å². The van der Waals surface area contributed by atoms with Gasteiger partial charge in [-0.1, -0.05) is 0 Å². The summed E-state index contributed by atoms with van der Waals surface area (Å²) in [5, 5.41) is 15.6. The Hall–Kier alpha value is -4.21. The van der Waals surface area contributed by atoms with Crippen LogP contribution in [0.15, 0.2) is 23.3 Å². The van der Waals surface area contributed by atoms with Crippen molar-refractivity contribution in [2.75, 3.05) is 19.5 Å². The first-order chi connectivity index (χ1) is 17.5. The fraction of sp³-hybridized carbons (Fsp3) is 0.381. The highest BCUT2D eigenvalue weighted by molar-refractivity contribution is 6.07. The van der Waals surface area contributed by atoms with Gasteiger partial charge < -0.3 is 24.6 Å². The lowest BCUT2D eigenvalue weighted by Crippen LogP contribution is -2.33. The number of amides is 1. The first-order valence-electron chi connectivity index (χ1n) is 10.6. The molecule has 0 radical (unpaired) electrons. The number of carbonyl (C=O) groups is 1. The summed E-state index contributed by atoms with van der Waals surface area (Å²) in [4.78, 5) is 33.3. The number of hydrogen-bond acceptors (Lipinski definition) is 9. The van der Waals surface area contributed by atoms with Crippen molar-refractivity contribution in [3.63, 3.8) is 0 Å². The van der Waals surface area contributed by atoms with Gasteiger partial charge in [0.15, 0.2) is 35.1 Å². The Morgan fingerprint density at radius 1 is 1.22 bits per heavy atom. The summed E-state index contributed by atoms with van der Waals surface area (Å²) in [5.41, 5.74) is -1.70. The average molecular weight is 530 g/mol. The van der Waals surface area contributed by atoms with Gasteiger partial charge in [-0.25, -0.2) is 9.18 Å². The molecule has 0 bridgehead atoms. The molecule has 0 aliphatic heterocycles. The fourth-order valence-corrected chi connectivity index (χ4v) is 3.14. The zero-order chi connectivity index (χ0) is 27.5. The number of rotatable bonds is 9. The number of ether oxygens (including phenoxy) is 3. The highest BCUT2D eigenvalue weighted by Crippen LogP contribution is 2.34. The molecule has 0 saturated heterocycles. The maximum Gasteiger partial charge on any atom is 0.425 e. The molecule has 0 saturated carbocycles. The second kappa shape index (κ2) is 10.8. The first-order valence-corrected chi connectivity index (χ1v) is 10.6. The van der Waals surface area contributed by atoms with E-state index in [1.807, 2.05) is 0 Å². The Morgan fingerprint density at radius 3 is 2.32 bits per heavy atom. The summed E-state index contributed by atoms with van der Waals surface area (Å²) >= 11 is 0. The predicted molar refractivity (Wildman–Crippen MR) is 119 cm³/mol. The highest BCUT2D eigenvalue weighted by Gasteiger charge is 2.39. The van der Waals surface area contributed by atoms with E-state index in [1.54, 1.807) is 6.92 Å². The van der Waals surface area contributed by atoms with Crippen molar-refractivity contribution in [1.29, 1.82) is 0 Å². The van der Waals surface area contributed by atoms with Crippen molar-refractivity contribution in [2.45, 2.75) is 39.3 Å². The number of halogens is 4. The van der Waals surface area contributed by atoms with Crippen LogP contribution in [-0.2, 0) is 13.2 Å². The second-order valence-corrected chi connectivity index (χ2v) is 7.33. The summed E-state index contributed by atoms with van der Waals surface area (Å²) < 4.78 is 71.5. The number of nitrogens with one attached hydrogen (secondary N) is 1. The van der Waals surface area contributed by atoms with Crippen molar-refractivity contribution >= 4 is 11.6 Å². The molecule has 2 N–H and O–H groups in total. The third-order valence-corrected chi connectivity index (χ3v) is 5.07. The molecule has 200 valence electrons. The first kappa shape index (κ1) is 27.4. The second-order valence-electron chi connectivity index (χ2n) is 7.33. The molecule has 3 rings (SSSR count). The maximum absolute atomic E-state index is 15.2. The van der Waals surface area contributed by atoms with Gasteiger partial charge in [-0.15, -0.1) is 5.10 Å². The van der Waals surface area contributed by atoms with Gasteiger partial charge in [0, 0.05) is 6.54 Å². The van der Waals surface area contributed by atoms with Crippen molar-refractivity contribution < 1.29 is 41.7 Å². The lowest BCUT2D eigenvalue weighted by Gasteiger charge is -2.20. The Morgan fingerprint density at radius 2 is 1.84 bits per heavy atom. The van der Waals surface area contributed by atoms with Gasteiger partial charge in [0.1, 0.15) is 17.9 Å². The van der Waals surface area contributed by atoms with Crippen LogP contribution in [0.5, 0.6) is 17.4 Å². The van der Waals surface area contributed by atoms with Crippen molar-refractivity contribution in [2.24, 2.45) is 0 Å². The molecule has 0 aliphatic rings. The Balaban J connectivity index is 2.17. The number of nitrogens with zero attached hydrogens (tertiary/aromatic N) is 5. The van der Waals surface area contributed by atoms with E-state index in [-0.39, 0.29) is 29.6 Å². The van der Waals surface area contributed by atoms with Gasteiger partial charge in [0.25, 0.3) is 5.91 Å². The Labute approximate surface area is 206 Å². The number of carbonyl (C=O) groups excluding carboxylic acids is 1. The number of aromatic nitrogens is 5. The minimum Gasteiger partial charge on any atom is -0.493 e. The van der Waals surface area contributed by atoms with Gasteiger partial charge in [0.2, 0.25) is 5.88 Å². The number of anilines is 1. The molecule has 3 aromatic rings. The highest BCUT2D eigenvalue weighted by atomic mass is 19.4. The van der Waals surface area contributed by atoms with E-state index in [1.165, 1.54) is 26.6 Å².